The highest BCUT2D eigenvalue weighted by atomic mass is 16.5. The van der Waals surface area contributed by atoms with Gasteiger partial charge in [-0.25, -0.2) is 9.79 Å². The van der Waals surface area contributed by atoms with Gasteiger partial charge in [-0.3, -0.25) is 0 Å². The number of aryl methyl sites for hydroxylation is 2. The lowest BCUT2D eigenvalue weighted by atomic mass is 10.1. The molecule has 1 heterocycles. The molecule has 4 heteroatoms. The maximum absolute atomic E-state index is 9.77. The number of hydrogen-bond donors (Lipinski definition) is 0. The smallest absolute Gasteiger partial charge is 0.234 e. The molecule has 0 N–H and O–H groups in total. The summed E-state index contributed by atoms with van der Waals surface area (Å²) in [7, 11) is 0. The van der Waals surface area contributed by atoms with E-state index in [-0.39, 0.29) is 0 Å². The van der Waals surface area contributed by atoms with Crippen molar-refractivity contribution in [3.05, 3.63) is 17.0 Å². The second kappa shape index (κ2) is 3.83. The van der Waals surface area contributed by atoms with Gasteiger partial charge in [0.1, 0.15) is 5.76 Å². The first-order chi connectivity index (χ1) is 5.75. The lowest BCUT2D eigenvalue weighted by Crippen LogP contribution is -1.91. The van der Waals surface area contributed by atoms with Gasteiger partial charge in [0.25, 0.3) is 0 Å². The summed E-state index contributed by atoms with van der Waals surface area (Å²) in [5.41, 5.74) is 1.91. The number of carbonyl (C=O) groups excluding carboxylic acids is 1. The lowest BCUT2D eigenvalue weighted by Gasteiger charge is -1.92. The maximum atomic E-state index is 9.77. The molecule has 1 aromatic rings. The highest BCUT2D eigenvalue weighted by Crippen LogP contribution is 2.12. The molecule has 64 valence electrons. The molecule has 4 nitrogen and oxygen atoms in total. The first kappa shape index (κ1) is 8.68. The largest absolute Gasteiger partial charge is 0.361 e. The average molecular weight is 166 g/mol. The molecule has 1 rings (SSSR count). The maximum Gasteiger partial charge on any atom is 0.234 e. The molecule has 0 radical (unpaired) electrons. The van der Waals surface area contributed by atoms with E-state index in [1.807, 2.05) is 13.8 Å². The van der Waals surface area contributed by atoms with Crippen molar-refractivity contribution in [2.45, 2.75) is 20.3 Å². The summed E-state index contributed by atoms with van der Waals surface area (Å²) in [6, 6.07) is 0. The van der Waals surface area contributed by atoms with Gasteiger partial charge < -0.3 is 4.52 Å². The van der Waals surface area contributed by atoms with Crippen LogP contribution in [-0.4, -0.2) is 17.8 Å². The van der Waals surface area contributed by atoms with Crippen LogP contribution in [0.3, 0.4) is 0 Å². The fourth-order valence-electron chi connectivity index (χ4n) is 1.07. The average Bonchev–Trinajstić information content (AvgIpc) is 2.35. The monoisotopic (exact) mass is 166 g/mol. The van der Waals surface area contributed by atoms with Crippen LogP contribution in [0.5, 0.6) is 0 Å². The van der Waals surface area contributed by atoms with Gasteiger partial charge in [-0.15, -0.1) is 0 Å². The zero-order valence-electron chi connectivity index (χ0n) is 7.13. The van der Waals surface area contributed by atoms with Crippen LogP contribution in [0.25, 0.3) is 0 Å². The summed E-state index contributed by atoms with van der Waals surface area (Å²) in [5, 5.41) is 3.78. The predicted molar refractivity (Wildman–Crippen MR) is 42.7 cm³/mol. The van der Waals surface area contributed by atoms with Crippen LogP contribution in [-0.2, 0) is 11.2 Å². The Kier molecular flexibility index (Phi) is 2.77. The van der Waals surface area contributed by atoms with E-state index in [0.717, 1.165) is 17.0 Å². The van der Waals surface area contributed by atoms with Gasteiger partial charge in [0.2, 0.25) is 6.08 Å². The molecule has 0 atom stereocenters. The molecule has 0 saturated heterocycles. The zero-order chi connectivity index (χ0) is 8.97. The van der Waals surface area contributed by atoms with E-state index < -0.39 is 0 Å². The van der Waals surface area contributed by atoms with E-state index in [4.69, 9.17) is 4.52 Å². The fraction of sp³-hybridized carbons (Fsp3) is 0.500. The second-order valence-corrected chi connectivity index (χ2v) is 2.53. The number of aromatic nitrogens is 1. The van der Waals surface area contributed by atoms with Crippen LogP contribution in [0, 0.1) is 13.8 Å². The molecule has 0 amide bonds. The molecule has 0 fully saturated rings. The Morgan fingerprint density at radius 2 is 2.33 bits per heavy atom. The molecule has 0 aliphatic heterocycles. The van der Waals surface area contributed by atoms with E-state index >= 15 is 0 Å². The molecule has 0 unspecified atom stereocenters. The van der Waals surface area contributed by atoms with E-state index in [1.165, 1.54) is 6.08 Å². The molecule has 0 aliphatic rings. The highest BCUT2D eigenvalue weighted by Gasteiger charge is 2.07. The van der Waals surface area contributed by atoms with E-state index in [9.17, 15) is 4.79 Å². The van der Waals surface area contributed by atoms with Crippen molar-refractivity contribution in [2.24, 2.45) is 4.99 Å². The first-order valence-electron chi connectivity index (χ1n) is 3.71. The Balaban J connectivity index is 2.67. The van der Waals surface area contributed by atoms with Crippen LogP contribution in [0.2, 0.25) is 0 Å². The Bertz CT molecular complexity index is 291. The summed E-state index contributed by atoms with van der Waals surface area (Å²) in [5.74, 6) is 0.800. The minimum Gasteiger partial charge on any atom is -0.361 e. The summed E-state index contributed by atoms with van der Waals surface area (Å²) >= 11 is 0. The van der Waals surface area contributed by atoms with E-state index in [1.54, 1.807) is 0 Å². The van der Waals surface area contributed by atoms with Gasteiger partial charge in [0, 0.05) is 5.56 Å². The number of isocyanates is 1. The van der Waals surface area contributed by atoms with Crippen LogP contribution in [0.4, 0.5) is 0 Å². The first-order valence-corrected chi connectivity index (χ1v) is 3.71. The van der Waals surface area contributed by atoms with Crippen molar-refractivity contribution in [1.29, 1.82) is 0 Å². The van der Waals surface area contributed by atoms with Crippen LogP contribution < -0.4 is 0 Å². The number of nitrogens with zero attached hydrogens (tertiary/aromatic N) is 2. The van der Waals surface area contributed by atoms with Gasteiger partial charge in [0.15, 0.2) is 0 Å². The quantitative estimate of drug-likeness (QED) is 0.500. The molecule has 12 heavy (non-hydrogen) atoms. The van der Waals surface area contributed by atoms with Crippen molar-refractivity contribution in [3.63, 3.8) is 0 Å². The molecule has 0 spiro atoms. The van der Waals surface area contributed by atoms with Gasteiger partial charge >= 0.3 is 0 Å². The molecular formula is C8H10N2O2. The zero-order valence-corrected chi connectivity index (χ0v) is 7.13. The minimum atomic E-state index is 0.451. The Labute approximate surface area is 70.3 Å². The van der Waals surface area contributed by atoms with Crippen molar-refractivity contribution >= 4 is 6.08 Å². The predicted octanol–water partition coefficient (Wildman–Crippen LogP) is 1.17. The summed E-state index contributed by atoms with van der Waals surface area (Å²) in [4.78, 5) is 13.2. The molecule has 0 bridgehead atoms. The molecule has 1 aromatic heterocycles. The minimum absolute atomic E-state index is 0.451. The van der Waals surface area contributed by atoms with Crippen molar-refractivity contribution < 1.29 is 9.32 Å². The van der Waals surface area contributed by atoms with Crippen LogP contribution >= 0.6 is 0 Å². The third-order valence-electron chi connectivity index (χ3n) is 1.72. The SMILES string of the molecule is Cc1noc(C)c1CCN=C=O. The van der Waals surface area contributed by atoms with Gasteiger partial charge in [-0.2, -0.15) is 0 Å². The van der Waals surface area contributed by atoms with Gasteiger partial charge in [-0.1, -0.05) is 5.16 Å². The summed E-state index contributed by atoms with van der Waals surface area (Å²) in [6.07, 6.45) is 2.18. The second-order valence-electron chi connectivity index (χ2n) is 2.53. The van der Waals surface area contributed by atoms with Gasteiger partial charge in [-0.05, 0) is 20.3 Å². The molecular weight excluding hydrogens is 156 g/mol. The topological polar surface area (TPSA) is 55.5 Å². The number of hydrogen-bond acceptors (Lipinski definition) is 4. The van der Waals surface area contributed by atoms with E-state index in [0.29, 0.717) is 13.0 Å². The number of aliphatic imine (C=N–C) groups is 1. The third kappa shape index (κ3) is 1.80. The molecule has 0 saturated carbocycles. The Morgan fingerprint density at radius 3 is 2.83 bits per heavy atom. The summed E-state index contributed by atoms with van der Waals surface area (Å²) < 4.78 is 4.94. The molecule has 0 aliphatic carbocycles. The molecule has 0 aromatic carbocycles. The standard InChI is InChI=1S/C8H10N2O2/c1-6-8(3-4-9-5-11)7(2)12-10-6/h3-4H2,1-2H3. The number of rotatable bonds is 3. The van der Waals surface area contributed by atoms with Crippen molar-refractivity contribution in [3.8, 4) is 0 Å². The normalized spacial score (nSPS) is 9.50. The Hall–Kier alpha value is -1.41. The van der Waals surface area contributed by atoms with Crippen molar-refractivity contribution in [2.75, 3.05) is 6.54 Å². The Morgan fingerprint density at radius 1 is 1.58 bits per heavy atom. The lowest BCUT2D eigenvalue weighted by molar-refractivity contribution is 0.392. The van der Waals surface area contributed by atoms with Crippen LogP contribution in [0.15, 0.2) is 9.52 Å². The van der Waals surface area contributed by atoms with Crippen LogP contribution in [0.1, 0.15) is 17.0 Å². The van der Waals surface area contributed by atoms with Crippen molar-refractivity contribution in [1.82, 2.24) is 5.16 Å². The van der Waals surface area contributed by atoms with Gasteiger partial charge in [0.05, 0.1) is 12.2 Å². The third-order valence-corrected chi connectivity index (χ3v) is 1.72. The fourth-order valence-corrected chi connectivity index (χ4v) is 1.07. The van der Waals surface area contributed by atoms with E-state index in [2.05, 4.69) is 10.1 Å². The summed E-state index contributed by atoms with van der Waals surface area (Å²) in [6.45, 7) is 4.17. The highest BCUT2D eigenvalue weighted by molar-refractivity contribution is 5.33.